The fourth-order valence-corrected chi connectivity index (χ4v) is 2.56. The average molecular weight is 272 g/mol. The van der Waals surface area contributed by atoms with Gasteiger partial charge < -0.3 is 10.6 Å². The van der Waals surface area contributed by atoms with Gasteiger partial charge in [-0.2, -0.15) is 13.2 Å². The van der Waals surface area contributed by atoms with E-state index in [0.29, 0.717) is 18.7 Å². The van der Waals surface area contributed by atoms with E-state index in [2.05, 4.69) is 0 Å². The first-order valence-electron chi connectivity index (χ1n) is 6.58. The zero-order valence-corrected chi connectivity index (χ0v) is 10.8. The van der Waals surface area contributed by atoms with Crippen molar-refractivity contribution in [3.63, 3.8) is 0 Å². The normalized spacial score (nSPS) is 21.5. The van der Waals surface area contributed by atoms with Gasteiger partial charge in [-0.05, 0) is 43.5 Å². The zero-order chi connectivity index (χ0) is 13.9. The van der Waals surface area contributed by atoms with Crippen molar-refractivity contribution in [3.8, 4) is 0 Å². The summed E-state index contributed by atoms with van der Waals surface area (Å²) in [4.78, 5) is 1.91. The Bertz CT molecular complexity index is 417. The van der Waals surface area contributed by atoms with Crippen LogP contribution < -0.4 is 5.73 Å². The van der Waals surface area contributed by atoms with Gasteiger partial charge in [0.15, 0.2) is 0 Å². The highest BCUT2D eigenvalue weighted by atomic mass is 19.4. The van der Waals surface area contributed by atoms with Gasteiger partial charge in [-0.3, -0.25) is 0 Å². The lowest BCUT2D eigenvalue weighted by Gasteiger charge is -2.33. The molecule has 1 saturated heterocycles. The van der Waals surface area contributed by atoms with Gasteiger partial charge in [0.25, 0.3) is 0 Å². The van der Waals surface area contributed by atoms with Gasteiger partial charge in [0, 0.05) is 18.8 Å². The Morgan fingerprint density at radius 3 is 2.79 bits per heavy atom. The van der Waals surface area contributed by atoms with Gasteiger partial charge in [0.2, 0.25) is 0 Å². The zero-order valence-electron chi connectivity index (χ0n) is 10.8. The SMILES string of the molecule is Nc1cccc(CCN2CCCC(C(F)(F)F)C2)c1. The lowest BCUT2D eigenvalue weighted by Crippen LogP contribution is -2.42. The Hall–Kier alpha value is -1.23. The predicted molar refractivity (Wildman–Crippen MR) is 69.8 cm³/mol. The highest BCUT2D eigenvalue weighted by Gasteiger charge is 2.41. The first-order valence-corrected chi connectivity index (χ1v) is 6.58. The molecular weight excluding hydrogens is 253 g/mol. The Morgan fingerprint density at radius 1 is 1.32 bits per heavy atom. The number of benzene rings is 1. The second-order valence-electron chi connectivity index (χ2n) is 5.18. The minimum absolute atomic E-state index is 0.131. The fourth-order valence-electron chi connectivity index (χ4n) is 2.56. The van der Waals surface area contributed by atoms with Crippen LogP contribution in [0.25, 0.3) is 0 Å². The first-order chi connectivity index (χ1) is 8.95. The maximum absolute atomic E-state index is 12.7. The highest BCUT2D eigenvalue weighted by Crippen LogP contribution is 2.33. The molecule has 0 radical (unpaired) electrons. The number of alkyl halides is 3. The maximum Gasteiger partial charge on any atom is 0.393 e. The van der Waals surface area contributed by atoms with Crippen LogP contribution in [-0.4, -0.2) is 30.7 Å². The topological polar surface area (TPSA) is 29.3 Å². The Kier molecular flexibility index (Phi) is 4.34. The van der Waals surface area contributed by atoms with Gasteiger partial charge in [0.05, 0.1) is 5.92 Å². The van der Waals surface area contributed by atoms with Crippen LogP contribution >= 0.6 is 0 Å². The summed E-state index contributed by atoms with van der Waals surface area (Å²) >= 11 is 0. The lowest BCUT2D eigenvalue weighted by atomic mass is 9.97. The number of piperidine rings is 1. The Labute approximate surface area is 111 Å². The van der Waals surface area contributed by atoms with Crippen LogP contribution in [0.5, 0.6) is 0 Å². The van der Waals surface area contributed by atoms with E-state index < -0.39 is 12.1 Å². The third-order valence-corrected chi connectivity index (χ3v) is 3.64. The van der Waals surface area contributed by atoms with Crippen molar-refractivity contribution < 1.29 is 13.2 Å². The first kappa shape index (κ1) is 14.2. The highest BCUT2D eigenvalue weighted by molar-refractivity contribution is 5.40. The van der Waals surface area contributed by atoms with Gasteiger partial charge in [0.1, 0.15) is 0 Å². The maximum atomic E-state index is 12.7. The number of halogens is 3. The molecule has 0 spiro atoms. The minimum Gasteiger partial charge on any atom is -0.399 e. The van der Waals surface area contributed by atoms with Crippen molar-refractivity contribution in [2.24, 2.45) is 5.92 Å². The largest absolute Gasteiger partial charge is 0.399 e. The number of hydrogen-bond acceptors (Lipinski definition) is 2. The van der Waals surface area contributed by atoms with E-state index in [0.717, 1.165) is 18.5 Å². The van der Waals surface area contributed by atoms with Gasteiger partial charge in [-0.1, -0.05) is 12.1 Å². The number of rotatable bonds is 3. The monoisotopic (exact) mass is 272 g/mol. The molecule has 2 rings (SSSR count). The van der Waals surface area contributed by atoms with Crippen LogP contribution in [0.1, 0.15) is 18.4 Å². The van der Waals surface area contributed by atoms with Crippen LogP contribution in [0.15, 0.2) is 24.3 Å². The van der Waals surface area contributed by atoms with Crippen LogP contribution in [0.4, 0.5) is 18.9 Å². The molecular formula is C14H19F3N2. The van der Waals surface area contributed by atoms with Crippen molar-refractivity contribution in [2.45, 2.75) is 25.4 Å². The molecule has 1 heterocycles. The Balaban J connectivity index is 1.86. The lowest BCUT2D eigenvalue weighted by molar-refractivity contribution is -0.186. The molecule has 0 amide bonds. The molecule has 106 valence electrons. The van der Waals surface area contributed by atoms with Crippen LogP contribution in [0.3, 0.4) is 0 Å². The van der Waals surface area contributed by atoms with Crippen LogP contribution in [-0.2, 0) is 6.42 Å². The summed E-state index contributed by atoms with van der Waals surface area (Å²) in [5.41, 5.74) is 7.46. The molecule has 0 aliphatic carbocycles. The molecule has 0 bridgehead atoms. The predicted octanol–water partition coefficient (Wildman–Crippen LogP) is 3.09. The molecule has 1 aromatic rings. The third kappa shape index (κ3) is 4.13. The number of likely N-dealkylation sites (tertiary alicyclic amines) is 1. The van der Waals surface area contributed by atoms with Gasteiger partial charge >= 0.3 is 6.18 Å². The van der Waals surface area contributed by atoms with Crippen molar-refractivity contribution in [3.05, 3.63) is 29.8 Å². The number of nitrogens with zero attached hydrogens (tertiary/aromatic N) is 1. The van der Waals surface area contributed by atoms with E-state index in [9.17, 15) is 13.2 Å². The summed E-state index contributed by atoms with van der Waals surface area (Å²) in [6, 6.07) is 7.52. The quantitative estimate of drug-likeness (QED) is 0.857. The molecule has 1 atom stereocenters. The van der Waals surface area contributed by atoms with E-state index >= 15 is 0 Å². The summed E-state index contributed by atoms with van der Waals surface area (Å²) in [5, 5.41) is 0. The molecule has 5 heteroatoms. The third-order valence-electron chi connectivity index (χ3n) is 3.64. The fraction of sp³-hybridized carbons (Fsp3) is 0.571. The summed E-state index contributed by atoms with van der Waals surface area (Å²) in [6.07, 6.45) is -2.43. The molecule has 0 saturated carbocycles. The van der Waals surface area contributed by atoms with Crippen molar-refractivity contribution >= 4 is 5.69 Å². The van der Waals surface area contributed by atoms with Gasteiger partial charge in [-0.25, -0.2) is 0 Å². The summed E-state index contributed by atoms with van der Waals surface area (Å²) in [7, 11) is 0. The smallest absolute Gasteiger partial charge is 0.393 e. The molecule has 19 heavy (non-hydrogen) atoms. The van der Waals surface area contributed by atoms with Crippen molar-refractivity contribution in [2.75, 3.05) is 25.4 Å². The second-order valence-corrected chi connectivity index (χ2v) is 5.18. The standard InChI is InChI=1S/C14H19F3N2/c15-14(16,17)12-4-2-7-19(10-12)8-6-11-3-1-5-13(18)9-11/h1,3,5,9,12H,2,4,6-8,10,18H2. The second kappa shape index (κ2) is 5.82. The van der Waals surface area contributed by atoms with Crippen molar-refractivity contribution in [1.82, 2.24) is 4.90 Å². The number of hydrogen-bond donors (Lipinski definition) is 1. The molecule has 0 aromatic heterocycles. The molecule has 1 aliphatic rings. The molecule has 1 aliphatic heterocycles. The summed E-state index contributed by atoms with van der Waals surface area (Å²) < 4.78 is 38.1. The van der Waals surface area contributed by atoms with E-state index in [1.807, 2.05) is 29.2 Å². The number of nitrogen functional groups attached to an aromatic ring is 1. The molecule has 2 nitrogen and oxygen atoms in total. The average Bonchev–Trinajstić information content (AvgIpc) is 2.36. The molecule has 2 N–H and O–H groups in total. The van der Waals surface area contributed by atoms with E-state index in [1.54, 1.807) is 0 Å². The molecule has 1 fully saturated rings. The number of anilines is 1. The van der Waals surface area contributed by atoms with Crippen molar-refractivity contribution in [1.29, 1.82) is 0 Å². The minimum atomic E-state index is -4.06. The number of nitrogens with two attached hydrogens (primary N) is 1. The van der Waals surface area contributed by atoms with E-state index in [4.69, 9.17) is 5.73 Å². The van der Waals surface area contributed by atoms with Gasteiger partial charge in [-0.15, -0.1) is 0 Å². The Morgan fingerprint density at radius 2 is 2.11 bits per heavy atom. The van der Waals surface area contributed by atoms with Crippen LogP contribution in [0.2, 0.25) is 0 Å². The molecule has 1 unspecified atom stereocenters. The van der Waals surface area contributed by atoms with E-state index in [-0.39, 0.29) is 13.0 Å². The molecule has 1 aromatic carbocycles. The summed E-state index contributed by atoms with van der Waals surface area (Å²) in [5.74, 6) is -1.16. The summed E-state index contributed by atoms with van der Waals surface area (Å²) in [6.45, 7) is 1.55. The van der Waals surface area contributed by atoms with Crippen LogP contribution in [0, 0.1) is 5.92 Å². The van der Waals surface area contributed by atoms with E-state index in [1.165, 1.54) is 0 Å².